The molecular weight excluding hydrogens is 781 g/mol. The Hall–Kier alpha value is -0.950. The van der Waals surface area contributed by atoms with Crippen molar-refractivity contribution < 1.29 is 29.1 Å². The van der Waals surface area contributed by atoms with E-state index < -0.39 is 6.10 Å². The molecular formula is C57H112O6. The molecule has 376 valence electrons. The van der Waals surface area contributed by atoms with Crippen molar-refractivity contribution >= 4 is 5.97 Å². The van der Waals surface area contributed by atoms with Crippen LogP contribution in [0.25, 0.3) is 0 Å². The zero-order chi connectivity index (χ0) is 45.5. The highest BCUT2D eigenvalue weighted by molar-refractivity contribution is 5.69. The maximum atomic E-state index is 12.8. The lowest BCUT2D eigenvalue weighted by Crippen LogP contribution is -2.29. The lowest BCUT2D eigenvalue weighted by Gasteiger charge is -2.17. The molecule has 0 saturated carbocycles. The molecule has 0 N–H and O–H groups in total. The smallest absolute Gasteiger partial charge is 0.306 e. The van der Waals surface area contributed by atoms with Crippen molar-refractivity contribution in [1.82, 2.24) is 0 Å². The average molecular weight is 894 g/mol. The lowest BCUT2D eigenvalue weighted by molar-refractivity contribution is -0.333. The number of carbonyl (C=O) groups is 1. The maximum absolute atomic E-state index is 12.8. The topological polar surface area (TPSA) is 63.2 Å². The van der Waals surface area contributed by atoms with Crippen LogP contribution in [0.3, 0.4) is 0 Å². The first kappa shape index (κ1) is 62.1. The standard InChI is InChI=1S/C57H112O6/c1-4-7-10-13-16-19-22-25-28-31-34-37-40-43-46-49-52-59-61-54-56(63-57(58)51-48-45-42-39-36-33-30-27-24-21-18-15-12-9-6-3)55-62-60-53-50-47-44-41-38-35-32-29-26-23-20-17-14-11-8-5-2/h27,30,56H,4-26,28-29,31-55H2,1-3H3/b30-27-. The van der Waals surface area contributed by atoms with Crippen molar-refractivity contribution in [1.29, 1.82) is 0 Å². The minimum absolute atomic E-state index is 0.152. The molecule has 0 fully saturated rings. The van der Waals surface area contributed by atoms with Crippen LogP contribution in [0.1, 0.15) is 316 Å². The first-order valence-corrected chi connectivity index (χ1v) is 28.6. The largest absolute Gasteiger partial charge is 0.457 e. The van der Waals surface area contributed by atoms with Gasteiger partial charge in [-0.3, -0.25) is 4.79 Å². The molecule has 0 aliphatic heterocycles. The Balaban J connectivity index is 4.10. The van der Waals surface area contributed by atoms with Crippen LogP contribution in [0.15, 0.2) is 12.2 Å². The predicted molar refractivity (Wildman–Crippen MR) is 272 cm³/mol. The van der Waals surface area contributed by atoms with Crippen LogP contribution in [0, 0.1) is 0 Å². The predicted octanol–water partition coefficient (Wildman–Crippen LogP) is 19.4. The highest BCUT2D eigenvalue weighted by Gasteiger charge is 2.17. The number of carbonyl (C=O) groups excluding carboxylic acids is 1. The second kappa shape index (κ2) is 57.2. The van der Waals surface area contributed by atoms with Crippen LogP contribution in [-0.4, -0.2) is 38.5 Å². The van der Waals surface area contributed by atoms with Gasteiger partial charge in [0.1, 0.15) is 13.2 Å². The number of rotatable bonds is 56. The number of ether oxygens (including phenoxy) is 1. The second-order valence-electron chi connectivity index (χ2n) is 19.3. The number of unbranched alkanes of at least 4 members (excludes halogenated alkanes) is 41. The quantitative estimate of drug-likeness (QED) is 0.0199. The summed E-state index contributed by atoms with van der Waals surface area (Å²) in [6, 6.07) is 0. The summed E-state index contributed by atoms with van der Waals surface area (Å²) in [5.41, 5.74) is 0. The Morgan fingerprint density at radius 3 is 0.873 bits per heavy atom. The lowest BCUT2D eigenvalue weighted by atomic mass is 10.0. The van der Waals surface area contributed by atoms with E-state index in [-0.39, 0.29) is 19.2 Å². The van der Waals surface area contributed by atoms with Crippen molar-refractivity contribution in [2.75, 3.05) is 26.4 Å². The molecule has 6 heteroatoms. The molecule has 0 atom stereocenters. The van der Waals surface area contributed by atoms with Gasteiger partial charge in [0.2, 0.25) is 0 Å². The molecule has 0 aromatic rings. The van der Waals surface area contributed by atoms with Crippen LogP contribution < -0.4 is 0 Å². The highest BCUT2D eigenvalue weighted by Crippen LogP contribution is 2.16. The molecule has 0 unspecified atom stereocenters. The van der Waals surface area contributed by atoms with E-state index in [0.717, 1.165) is 44.9 Å². The zero-order valence-electron chi connectivity index (χ0n) is 43.0. The van der Waals surface area contributed by atoms with E-state index in [4.69, 9.17) is 24.3 Å². The minimum atomic E-state index is -0.544. The van der Waals surface area contributed by atoms with E-state index in [1.165, 1.54) is 244 Å². The average Bonchev–Trinajstić information content (AvgIpc) is 3.29. The van der Waals surface area contributed by atoms with Crippen LogP contribution in [0.4, 0.5) is 0 Å². The third-order valence-corrected chi connectivity index (χ3v) is 12.8. The summed E-state index contributed by atoms with van der Waals surface area (Å²) < 4.78 is 5.79. The number of hydrogen-bond acceptors (Lipinski definition) is 6. The van der Waals surface area contributed by atoms with Crippen molar-refractivity contribution in [3.63, 3.8) is 0 Å². The maximum Gasteiger partial charge on any atom is 0.306 e. The summed E-state index contributed by atoms with van der Waals surface area (Å²) >= 11 is 0. The Bertz CT molecular complexity index is 822. The Labute approximate surface area is 394 Å². The summed E-state index contributed by atoms with van der Waals surface area (Å²) in [7, 11) is 0. The van der Waals surface area contributed by atoms with E-state index in [1.54, 1.807) is 0 Å². The summed E-state index contributed by atoms with van der Waals surface area (Å²) in [6.07, 6.45) is 63.8. The van der Waals surface area contributed by atoms with Crippen molar-refractivity contribution in [3.8, 4) is 0 Å². The highest BCUT2D eigenvalue weighted by atomic mass is 17.2. The molecule has 0 rings (SSSR count). The molecule has 63 heavy (non-hydrogen) atoms. The van der Waals surface area contributed by atoms with Gasteiger partial charge in [-0.1, -0.05) is 277 Å². The van der Waals surface area contributed by atoms with Gasteiger partial charge in [0.25, 0.3) is 0 Å². The molecule has 0 aromatic heterocycles. The molecule has 0 heterocycles. The van der Waals surface area contributed by atoms with Crippen molar-refractivity contribution in [3.05, 3.63) is 12.2 Å². The first-order chi connectivity index (χ1) is 31.2. The van der Waals surface area contributed by atoms with Gasteiger partial charge < -0.3 is 4.74 Å². The molecule has 0 bridgehead atoms. The van der Waals surface area contributed by atoms with Crippen molar-refractivity contribution in [2.45, 2.75) is 322 Å². The summed E-state index contributed by atoms with van der Waals surface area (Å²) in [4.78, 5) is 34.8. The van der Waals surface area contributed by atoms with Gasteiger partial charge in [-0.15, -0.1) is 0 Å². The van der Waals surface area contributed by atoms with Crippen LogP contribution in [0.2, 0.25) is 0 Å². The van der Waals surface area contributed by atoms with Gasteiger partial charge in [-0.05, 0) is 44.9 Å². The molecule has 0 radical (unpaired) electrons. The monoisotopic (exact) mass is 893 g/mol. The third-order valence-electron chi connectivity index (χ3n) is 12.8. The second-order valence-corrected chi connectivity index (χ2v) is 19.3. The molecule has 0 spiro atoms. The van der Waals surface area contributed by atoms with Gasteiger partial charge in [0, 0.05) is 6.42 Å². The summed E-state index contributed by atoms with van der Waals surface area (Å²) in [5, 5.41) is 0. The van der Waals surface area contributed by atoms with E-state index in [9.17, 15) is 4.79 Å². The van der Waals surface area contributed by atoms with E-state index >= 15 is 0 Å². The fraction of sp³-hybridized carbons (Fsp3) is 0.947. The minimum Gasteiger partial charge on any atom is -0.457 e. The normalized spacial score (nSPS) is 11.8. The molecule has 0 aromatic carbocycles. The first-order valence-electron chi connectivity index (χ1n) is 28.6. The van der Waals surface area contributed by atoms with Crippen LogP contribution in [-0.2, 0) is 29.1 Å². The Morgan fingerprint density at radius 2 is 0.571 bits per heavy atom. The van der Waals surface area contributed by atoms with E-state index in [0.29, 0.717) is 19.6 Å². The number of esters is 1. The van der Waals surface area contributed by atoms with E-state index in [2.05, 4.69) is 32.9 Å². The summed E-state index contributed by atoms with van der Waals surface area (Å²) in [5.74, 6) is -0.194. The summed E-state index contributed by atoms with van der Waals surface area (Å²) in [6.45, 7) is 8.28. The number of hydrogen-bond donors (Lipinski definition) is 0. The Kier molecular flexibility index (Phi) is 56.3. The van der Waals surface area contributed by atoms with Gasteiger partial charge in [0.05, 0.1) is 13.2 Å². The fourth-order valence-electron chi connectivity index (χ4n) is 8.49. The SMILES string of the molecule is CCCCCCCC/C=C\CCCCCCCC(=O)OC(COOCCCCCCCCCCCCCCCCCC)COOCCCCCCCCCCCCCCCCCC. The zero-order valence-corrected chi connectivity index (χ0v) is 43.0. The fourth-order valence-corrected chi connectivity index (χ4v) is 8.49. The molecule has 0 saturated heterocycles. The Morgan fingerprint density at radius 1 is 0.317 bits per heavy atom. The van der Waals surface area contributed by atoms with Gasteiger partial charge in [-0.2, -0.15) is 0 Å². The van der Waals surface area contributed by atoms with Crippen LogP contribution in [0.5, 0.6) is 0 Å². The van der Waals surface area contributed by atoms with Gasteiger partial charge in [-0.25, -0.2) is 19.6 Å². The van der Waals surface area contributed by atoms with Crippen LogP contribution >= 0.6 is 0 Å². The van der Waals surface area contributed by atoms with Crippen molar-refractivity contribution in [2.24, 2.45) is 0 Å². The third kappa shape index (κ3) is 55.3. The molecule has 0 aliphatic rings. The molecule has 0 aliphatic carbocycles. The molecule has 0 amide bonds. The van der Waals surface area contributed by atoms with E-state index in [1.807, 2.05) is 0 Å². The number of allylic oxidation sites excluding steroid dienone is 2. The van der Waals surface area contributed by atoms with Gasteiger partial charge >= 0.3 is 5.97 Å². The van der Waals surface area contributed by atoms with Gasteiger partial charge in [0.15, 0.2) is 6.10 Å². The molecule has 6 nitrogen and oxygen atoms in total.